The Morgan fingerprint density at radius 2 is 1.96 bits per heavy atom. The molecule has 2 aromatic rings. The van der Waals surface area contributed by atoms with Gasteiger partial charge in [0.15, 0.2) is 0 Å². The van der Waals surface area contributed by atoms with E-state index < -0.39 is 29.9 Å². The van der Waals surface area contributed by atoms with Crippen LogP contribution < -0.4 is 11.1 Å². The molecule has 4 amide bonds. The number of primary amides is 1. The molecule has 2 atom stereocenters. The molecule has 0 saturated heterocycles. The van der Waals surface area contributed by atoms with E-state index >= 15 is 0 Å². The van der Waals surface area contributed by atoms with Crippen LogP contribution in [0.4, 0.5) is 4.79 Å². The van der Waals surface area contributed by atoms with Crippen LogP contribution in [-0.2, 0) is 22.4 Å². The lowest BCUT2D eigenvalue weighted by atomic mass is 10.0. The number of carbonyl (C=O) groups is 3. The maximum atomic E-state index is 12.9. The first-order valence-corrected chi connectivity index (χ1v) is 9.00. The van der Waals surface area contributed by atoms with E-state index in [9.17, 15) is 19.5 Å². The number of aromatic amines is 1. The number of imide groups is 1. The first-order valence-electron chi connectivity index (χ1n) is 9.00. The summed E-state index contributed by atoms with van der Waals surface area (Å²) in [5.41, 5.74) is 6.88. The molecule has 0 bridgehead atoms. The third kappa shape index (κ3) is 5.65. The Labute approximate surface area is 162 Å². The van der Waals surface area contributed by atoms with Gasteiger partial charge in [-0.3, -0.25) is 14.5 Å². The monoisotopic (exact) mass is 387 g/mol. The van der Waals surface area contributed by atoms with E-state index in [1.807, 2.05) is 30.3 Å². The number of nitrogens with two attached hydrogens (primary N) is 1. The number of urea groups is 1. The minimum Gasteiger partial charge on any atom is -0.394 e. The molecule has 1 heterocycles. The number of benzene rings is 1. The highest BCUT2D eigenvalue weighted by atomic mass is 16.3. The zero-order chi connectivity index (χ0) is 20.5. The molecule has 0 fully saturated rings. The van der Waals surface area contributed by atoms with E-state index in [2.05, 4.69) is 15.3 Å². The second kappa shape index (κ2) is 10.2. The number of aliphatic hydroxyl groups is 1. The molecule has 0 aliphatic rings. The summed E-state index contributed by atoms with van der Waals surface area (Å²) in [6, 6.07) is 6.62. The van der Waals surface area contributed by atoms with Gasteiger partial charge in [-0.25, -0.2) is 9.78 Å². The molecule has 0 aliphatic carbocycles. The number of amides is 4. The summed E-state index contributed by atoms with van der Waals surface area (Å²) < 4.78 is 0. The lowest BCUT2D eigenvalue weighted by Crippen LogP contribution is -2.57. The quantitative estimate of drug-likeness (QED) is 0.491. The maximum Gasteiger partial charge on any atom is 0.322 e. The number of nitrogens with zero attached hydrogens (tertiary/aromatic N) is 2. The minimum atomic E-state index is -1.16. The van der Waals surface area contributed by atoms with Gasteiger partial charge in [0.25, 0.3) is 0 Å². The van der Waals surface area contributed by atoms with Gasteiger partial charge in [0.1, 0.15) is 6.04 Å². The van der Waals surface area contributed by atoms with E-state index in [-0.39, 0.29) is 19.4 Å². The number of imidazole rings is 1. The fourth-order valence-corrected chi connectivity index (χ4v) is 2.88. The fourth-order valence-electron chi connectivity index (χ4n) is 2.88. The van der Waals surface area contributed by atoms with E-state index in [1.165, 1.54) is 12.5 Å². The molecule has 1 aromatic heterocycles. The molecule has 5 N–H and O–H groups in total. The molecule has 0 aliphatic heterocycles. The molecule has 9 heteroatoms. The van der Waals surface area contributed by atoms with Gasteiger partial charge in [-0.05, 0) is 12.0 Å². The number of hydrogen-bond acceptors (Lipinski definition) is 5. The SMILES string of the molecule is CCC(=O)N(C(N)=O)[C@@H](Cc1cnc[nH]1)C(=O)N[C@H](CO)Cc1ccccc1. The Morgan fingerprint density at radius 3 is 2.50 bits per heavy atom. The van der Waals surface area contributed by atoms with Crippen LogP contribution >= 0.6 is 0 Å². The summed E-state index contributed by atoms with van der Waals surface area (Å²) in [6.45, 7) is 1.28. The minimum absolute atomic E-state index is 0.0170. The number of hydrogen-bond donors (Lipinski definition) is 4. The van der Waals surface area contributed by atoms with Crippen LogP contribution in [0.25, 0.3) is 0 Å². The zero-order valence-electron chi connectivity index (χ0n) is 15.7. The maximum absolute atomic E-state index is 12.9. The molecular weight excluding hydrogens is 362 g/mol. The molecule has 0 spiro atoms. The van der Waals surface area contributed by atoms with Crippen molar-refractivity contribution in [2.75, 3.05) is 6.61 Å². The summed E-state index contributed by atoms with van der Waals surface area (Å²) in [5, 5.41) is 12.4. The Bertz CT molecular complexity index is 779. The molecule has 0 unspecified atom stereocenters. The summed E-state index contributed by atoms with van der Waals surface area (Å²) in [4.78, 5) is 44.6. The van der Waals surface area contributed by atoms with Gasteiger partial charge in [0.2, 0.25) is 11.8 Å². The van der Waals surface area contributed by atoms with Gasteiger partial charge in [-0.2, -0.15) is 0 Å². The third-order valence-corrected chi connectivity index (χ3v) is 4.28. The van der Waals surface area contributed by atoms with Crippen molar-refractivity contribution in [2.45, 2.75) is 38.3 Å². The summed E-state index contributed by atoms with van der Waals surface area (Å²) in [7, 11) is 0. The molecule has 0 radical (unpaired) electrons. The van der Waals surface area contributed by atoms with Crippen LogP contribution in [-0.4, -0.2) is 56.5 Å². The normalized spacial score (nSPS) is 12.8. The van der Waals surface area contributed by atoms with Crippen LogP contribution in [0.1, 0.15) is 24.6 Å². The number of carbonyl (C=O) groups excluding carboxylic acids is 3. The van der Waals surface area contributed by atoms with Crippen LogP contribution in [0.5, 0.6) is 0 Å². The average Bonchev–Trinajstić information content (AvgIpc) is 3.20. The first-order chi connectivity index (χ1) is 13.5. The largest absolute Gasteiger partial charge is 0.394 e. The van der Waals surface area contributed by atoms with Gasteiger partial charge in [-0.1, -0.05) is 37.3 Å². The topological polar surface area (TPSA) is 141 Å². The third-order valence-electron chi connectivity index (χ3n) is 4.28. The zero-order valence-corrected chi connectivity index (χ0v) is 15.7. The van der Waals surface area contributed by atoms with E-state index in [4.69, 9.17) is 5.73 Å². The molecular formula is C19H25N5O4. The van der Waals surface area contributed by atoms with Crippen LogP contribution in [0.2, 0.25) is 0 Å². The second-order valence-corrected chi connectivity index (χ2v) is 6.33. The summed E-state index contributed by atoms with van der Waals surface area (Å²) >= 11 is 0. The number of rotatable bonds is 9. The van der Waals surface area contributed by atoms with Crippen molar-refractivity contribution in [1.29, 1.82) is 0 Å². The van der Waals surface area contributed by atoms with Crippen molar-refractivity contribution in [3.05, 3.63) is 54.1 Å². The van der Waals surface area contributed by atoms with Crippen molar-refractivity contribution in [3.8, 4) is 0 Å². The highest BCUT2D eigenvalue weighted by Crippen LogP contribution is 2.11. The number of aromatic nitrogens is 2. The van der Waals surface area contributed by atoms with Gasteiger partial charge >= 0.3 is 6.03 Å². The van der Waals surface area contributed by atoms with E-state index in [0.29, 0.717) is 12.1 Å². The second-order valence-electron chi connectivity index (χ2n) is 6.33. The lowest BCUT2D eigenvalue weighted by Gasteiger charge is -2.29. The van der Waals surface area contributed by atoms with E-state index in [1.54, 1.807) is 6.92 Å². The molecule has 1 aromatic carbocycles. The van der Waals surface area contributed by atoms with Crippen LogP contribution in [0, 0.1) is 0 Å². The lowest BCUT2D eigenvalue weighted by molar-refractivity contribution is -0.137. The average molecular weight is 387 g/mol. The number of aliphatic hydroxyl groups excluding tert-OH is 1. The van der Waals surface area contributed by atoms with Crippen molar-refractivity contribution in [3.63, 3.8) is 0 Å². The molecule has 0 saturated carbocycles. The fraction of sp³-hybridized carbons (Fsp3) is 0.368. The predicted octanol–water partition coefficient (Wildman–Crippen LogP) is 0.358. The van der Waals surface area contributed by atoms with Gasteiger partial charge in [0, 0.05) is 24.7 Å². The molecule has 150 valence electrons. The smallest absolute Gasteiger partial charge is 0.322 e. The molecule has 9 nitrogen and oxygen atoms in total. The van der Waals surface area contributed by atoms with Crippen LogP contribution in [0.3, 0.4) is 0 Å². The Hall–Kier alpha value is -3.20. The van der Waals surface area contributed by atoms with Gasteiger partial charge in [0.05, 0.1) is 19.0 Å². The van der Waals surface area contributed by atoms with E-state index in [0.717, 1.165) is 10.5 Å². The highest BCUT2D eigenvalue weighted by molar-refractivity contribution is 5.99. The Kier molecular flexibility index (Phi) is 7.70. The predicted molar refractivity (Wildman–Crippen MR) is 102 cm³/mol. The standard InChI is InChI=1S/C19H25N5O4/c1-2-17(26)24(19(20)28)16(9-14-10-21-12-22-14)18(27)23-15(11-25)8-13-6-4-3-5-7-13/h3-7,10,12,15-16,25H,2,8-9,11H2,1H3,(H2,20,28)(H,21,22)(H,23,27)/t15-,16-/m0/s1. The first kappa shape index (κ1) is 21.1. The number of H-pyrrole nitrogens is 1. The highest BCUT2D eigenvalue weighted by Gasteiger charge is 2.34. The number of nitrogens with one attached hydrogen (secondary N) is 2. The molecule has 28 heavy (non-hydrogen) atoms. The van der Waals surface area contributed by atoms with Gasteiger partial charge in [-0.15, -0.1) is 0 Å². The molecule has 2 rings (SSSR count). The van der Waals surface area contributed by atoms with Crippen molar-refractivity contribution in [2.24, 2.45) is 5.73 Å². The summed E-state index contributed by atoms with van der Waals surface area (Å²) in [5.74, 6) is -1.14. The Balaban J connectivity index is 2.21. The van der Waals surface area contributed by atoms with Crippen molar-refractivity contribution >= 4 is 17.8 Å². The van der Waals surface area contributed by atoms with Crippen molar-refractivity contribution < 1.29 is 19.5 Å². The van der Waals surface area contributed by atoms with Crippen LogP contribution in [0.15, 0.2) is 42.9 Å². The van der Waals surface area contributed by atoms with Gasteiger partial charge < -0.3 is 21.1 Å². The Morgan fingerprint density at radius 1 is 1.25 bits per heavy atom. The summed E-state index contributed by atoms with van der Waals surface area (Å²) in [6.07, 6.45) is 3.39. The van der Waals surface area contributed by atoms with Crippen molar-refractivity contribution in [1.82, 2.24) is 20.2 Å².